The van der Waals surface area contributed by atoms with Crippen LogP contribution in [0, 0.1) is 34.5 Å². The van der Waals surface area contributed by atoms with Crippen LogP contribution in [-0.4, -0.2) is 42.3 Å². The molecule has 2 heterocycles. The highest BCUT2D eigenvalue weighted by Crippen LogP contribution is 2.78. The average molecular weight is 433 g/mol. The predicted molar refractivity (Wildman–Crippen MR) is 115 cm³/mol. The lowest BCUT2D eigenvalue weighted by Gasteiger charge is -2.61. The summed E-state index contributed by atoms with van der Waals surface area (Å²) in [6.45, 7) is 12.6. The van der Waals surface area contributed by atoms with Crippen LogP contribution in [0.5, 0.6) is 0 Å². The molecule has 6 rings (SSSR count). The van der Waals surface area contributed by atoms with Crippen molar-refractivity contribution in [2.24, 2.45) is 34.5 Å². The SMILES string of the molecule is CC(=O)OC1CCC2(C)C3CCC4(C)C(CCC4C4(C)OCCO4)C3CC3(C)OC32C1. The Morgan fingerprint density at radius 1 is 0.903 bits per heavy atom. The third-order valence-electron chi connectivity index (χ3n) is 11.3. The van der Waals surface area contributed by atoms with E-state index in [2.05, 4.69) is 27.7 Å². The van der Waals surface area contributed by atoms with Crippen molar-refractivity contribution in [1.29, 1.82) is 0 Å². The van der Waals surface area contributed by atoms with Gasteiger partial charge >= 0.3 is 5.97 Å². The van der Waals surface area contributed by atoms with Crippen LogP contribution in [0.15, 0.2) is 0 Å². The van der Waals surface area contributed by atoms with E-state index < -0.39 is 5.79 Å². The molecule has 0 N–H and O–H groups in total. The Balaban J connectivity index is 1.30. The average Bonchev–Trinajstić information content (AvgIpc) is 2.98. The third kappa shape index (κ3) is 2.52. The summed E-state index contributed by atoms with van der Waals surface area (Å²) in [6.07, 6.45) is 9.20. The molecular formula is C26H40O5. The summed E-state index contributed by atoms with van der Waals surface area (Å²) in [4.78, 5) is 11.6. The van der Waals surface area contributed by atoms with Crippen LogP contribution >= 0.6 is 0 Å². The molecule has 0 bridgehead atoms. The number of carbonyl (C=O) groups is 1. The molecule has 31 heavy (non-hydrogen) atoms. The molecule has 0 aromatic heterocycles. The van der Waals surface area contributed by atoms with Crippen LogP contribution < -0.4 is 0 Å². The fraction of sp³-hybridized carbons (Fsp3) is 0.962. The highest BCUT2D eigenvalue weighted by atomic mass is 16.7. The van der Waals surface area contributed by atoms with Gasteiger partial charge in [0.1, 0.15) is 11.7 Å². The summed E-state index contributed by atoms with van der Waals surface area (Å²) in [7, 11) is 0. The van der Waals surface area contributed by atoms with Crippen molar-refractivity contribution < 1.29 is 23.7 Å². The van der Waals surface area contributed by atoms with E-state index in [-0.39, 0.29) is 34.1 Å². The van der Waals surface area contributed by atoms with Gasteiger partial charge in [-0.15, -0.1) is 0 Å². The lowest BCUT2D eigenvalue weighted by molar-refractivity contribution is -0.218. The van der Waals surface area contributed by atoms with Gasteiger partial charge < -0.3 is 18.9 Å². The Kier molecular flexibility index (Phi) is 4.23. The van der Waals surface area contributed by atoms with Crippen molar-refractivity contribution in [3.63, 3.8) is 0 Å². The molecule has 9 unspecified atom stereocenters. The number of esters is 1. The van der Waals surface area contributed by atoms with Crippen LogP contribution in [0.4, 0.5) is 0 Å². The summed E-state index contributed by atoms with van der Waals surface area (Å²) in [6, 6.07) is 0. The molecule has 174 valence electrons. The first kappa shape index (κ1) is 20.9. The number of fused-ring (bicyclic) bond motifs is 4. The first-order chi connectivity index (χ1) is 14.6. The Morgan fingerprint density at radius 2 is 1.65 bits per heavy atom. The third-order valence-corrected chi connectivity index (χ3v) is 11.3. The quantitative estimate of drug-likeness (QED) is 0.461. The van der Waals surface area contributed by atoms with Gasteiger partial charge in [-0.2, -0.15) is 0 Å². The zero-order chi connectivity index (χ0) is 21.9. The monoisotopic (exact) mass is 432 g/mol. The molecule has 2 aliphatic heterocycles. The second-order valence-corrected chi connectivity index (χ2v) is 12.5. The van der Waals surface area contributed by atoms with Crippen molar-refractivity contribution >= 4 is 5.97 Å². The molecule has 6 fully saturated rings. The van der Waals surface area contributed by atoms with Gasteiger partial charge in [-0.25, -0.2) is 0 Å². The highest BCUT2D eigenvalue weighted by molar-refractivity contribution is 5.66. The van der Waals surface area contributed by atoms with Gasteiger partial charge in [-0.05, 0) is 82.0 Å². The number of epoxide rings is 1. The second-order valence-electron chi connectivity index (χ2n) is 12.5. The van der Waals surface area contributed by atoms with Gasteiger partial charge in [0.2, 0.25) is 0 Å². The lowest BCUT2D eigenvalue weighted by Crippen LogP contribution is -2.61. The van der Waals surface area contributed by atoms with Gasteiger partial charge in [-0.1, -0.05) is 13.8 Å². The summed E-state index contributed by atoms with van der Waals surface area (Å²) in [5.41, 5.74) is 0.305. The molecule has 0 aromatic carbocycles. The van der Waals surface area contributed by atoms with Gasteiger partial charge in [0, 0.05) is 24.7 Å². The molecule has 4 aliphatic carbocycles. The molecule has 9 atom stereocenters. The fourth-order valence-electron chi connectivity index (χ4n) is 10.1. The van der Waals surface area contributed by atoms with Crippen LogP contribution in [0.3, 0.4) is 0 Å². The maximum atomic E-state index is 11.6. The molecule has 4 saturated carbocycles. The maximum Gasteiger partial charge on any atom is 0.302 e. The first-order valence-electron chi connectivity index (χ1n) is 12.7. The zero-order valence-corrected chi connectivity index (χ0v) is 20.0. The van der Waals surface area contributed by atoms with E-state index in [9.17, 15) is 4.79 Å². The van der Waals surface area contributed by atoms with Crippen LogP contribution in [0.25, 0.3) is 0 Å². The molecule has 0 amide bonds. The zero-order valence-electron chi connectivity index (χ0n) is 20.0. The molecule has 6 aliphatic rings. The highest BCUT2D eigenvalue weighted by Gasteiger charge is 2.82. The van der Waals surface area contributed by atoms with Crippen LogP contribution in [0.2, 0.25) is 0 Å². The van der Waals surface area contributed by atoms with Crippen molar-refractivity contribution in [3.8, 4) is 0 Å². The summed E-state index contributed by atoms with van der Waals surface area (Å²) in [5.74, 6) is 2.07. The molecule has 5 nitrogen and oxygen atoms in total. The number of rotatable bonds is 2. The Hall–Kier alpha value is -0.650. The summed E-state index contributed by atoms with van der Waals surface area (Å²) < 4.78 is 24.8. The van der Waals surface area contributed by atoms with Crippen LogP contribution in [-0.2, 0) is 23.7 Å². The largest absolute Gasteiger partial charge is 0.462 e. The molecule has 2 saturated heterocycles. The minimum atomic E-state index is -0.402. The Morgan fingerprint density at radius 3 is 2.35 bits per heavy atom. The molecule has 0 radical (unpaired) electrons. The number of ether oxygens (including phenoxy) is 4. The van der Waals surface area contributed by atoms with Gasteiger partial charge in [-0.3, -0.25) is 4.79 Å². The van der Waals surface area contributed by atoms with E-state index in [0.29, 0.717) is 17.8 Å². The number of hydrogen-bond donors (Lipinski definition) is 0. The van der Waals surface area contributed by atoms with E-state index >= 15 is 0 Å². The lowest BCUT2D eigenvalue weighted by atomic mass is 9.42. The summed E-state index contributed by atoms with van der Waals surface area (Å²) >= 11 is 0. The van der Waals surface area contributed by atoms with Crippen molar-refractivity contribution in [3.05, 3.63) is 0 Å². The van der Waals surface area contributed by atoms with Crippen molar-refractivity contribution in [1.82, 2.24) is 0 Å². The Labute approximate surface area is 186 Å². The van der Waals surface area contributed by atoms with E-state index in [1.807, 2.05) is 0 Å². The fourth-order valence-corrected chi connectivity index (χ4v) is 10.1. The Bertz CT molecular complexity index is 791. The summed E-state index contributed by atoms with van der Waals surface area (Å²) in [5, 5.41) is 0. The minimum absolute atomic E-state index is 0.0188. The predicted octanol–water partition coefficient (Wildman–Crippen LogP) is 4.86. The van der Waals surface area contributed by atoms with Gasteiger partial charge in [0.25, 0.3) is 0 Å². The van der Waals surface area contributed by atoms with E-state index in [0.717, 1.165) is 44.8 Å². The van der Waals surface area contributed by atoms with E-state index in [1.165, 1.54) is 32.6 Å². The van der Waals surface area contributed by atoms with E-state index in [1.54, 1.807) is 0 Å². The minimum Gasteiger partial charge on any atom is -0.462 e. The number of hydrogen-bond acceptors (Lipinski definition) is 5. The van der Waals surface area contributed by atoms with Crippen molar-refractivity contribution in [2.75, 3.05) is 13.2 Å². The smallest absolute Gasteiger partial charge is 0.302 e. The molecular weight excluding hydrogens is 392 g/mol. The molecule has 0 aromatic rings. The van der Waals surface area contributed by atoms with Gasteiger partial charge in [0.05, 0.1) is 18.8 Å². The normalized spacial score (nSPS) is 56.7. The number of carbonyl (C=O) groups excluding carboxylic acids is 1. The molecule has 5 heteroatoms. The van der Waals surface area contributed by atoms with Crippen LogP contribution in [0.1, 0.15) is 86.0 Å². The van der Waals surface area contributed by atoms with Crippen molar-refractivity contribution in [2.45, 2.75) is 109 Å². The topological polar surface area (TPSA) is 57.3 Å². The molecule has 1 spiro atoms. The van der Waals surface area contributed by atoms with Gasteiger partial charge in [0.15, 0.2) is 5.79 Å². The van der Waals surface area contributed by atoms with E-state index in [4.69, 9.17) is 18.9 Å². The standard InChI is InChI=1S/C26H40O5/c1-16(27)30-17-8-11-23(3)20-9-10-22(2)19(6-7-21(22)25(5)28-12-13-29-25)18(20)15-24(4)26(23,14-17)31-24/h17-21H,6-15H2,1-5H3. The second kappa shape index (κ2) is 6.27. The first-order valence-corrected chi connectivity index (χ1v) is 12.7. The maximum absolute atomic E-state index is 11.6.